The van der Waals surface area contributed by atoms with E-state index in [0.29, 0.717) is 24.5 Å². The van der Waals surface area contributed by atoms with Gasteiger partial charge < -0.3 is 15.2 Å². The van der Waals surface area contributed by atoms with Crippen molar-refractivity contribution in [3.63, 3.8) is 0 Å². The van der Waals surface area contributed by atoms with Crippen molar-refractivity contribution >= 4 is 5.82 Å². The molecule has 2 N–H and O–H groups in total. The molecule has 1 aromatic rings. The highest BCUT2D eigenvalue weighted by molar-refractivity contribution is 5.28. The highest BCUT2D eigenvalue weighted by Gasteiger charge is 2.19. The van der Waals surface area contributed by atoms with Crippen LogP contribution < -0.4 is 10.5 Å². The third-order valence-electron chi connectivity index (χ3n) is 2.43. The predicted molar refractivity (Wildman–Crippen MR) is 52.3 cm³/mol. The fourth-order valence-electron chi connectivity index (χ4n) is 1.75. The average Bonchev–Trinajstić information content (AvgIpc) is 2.61. The molecule has 14 heavy (non-hydrogen) atoms. The molecule has 0 aliphatic carbocycles. The summed E-state index contributed by atoms with van der Waals surface area (Å²) in [4.78, 5) is 4.07. The van der Waals surface area contributed by atoms with Gasteiger partial charge in [0.2, 0.25) is 0 Å². The number of methoxy groups -OCH3 is 1. The summed E-state index contributed by atoms with van der Waals surface area (Å²) in [7, 11) is 1.60. The molecule has 78 valence electrons. The number of nitrogen functional groups attached to an aromatic ring is 1. The molecule has 1 saturated heterocycles. The van der Waals surface area contributed by atoms with E-state index < -0.39 is 0 Å². The van der Waals surface area contributed by atoms with Crippen LogP contribution in [-0.2, 0) is 4.74 Å². The van der Waals surface area contributed by atoms with Gasteiger partial charge in [-0.25, -0.2) is 0 Å². The van der Waals surface area contributed by atoms with Gasteiger partial charge in [-0.2, -0.15) is 4.98 Å². The third kappa shape index (κ3) is 1.68. The van der Waals surface area contributed by atoms with Crippen LogP contribution in [0.25, 0.3) is 0 Å². The maximum atomic E-state index is 5.61. The second-order valence-electron chi connectivity index (χ2n) is 3.43. The molecule has 0 amide bonds. The Morgan fingerprint density at radius 3 is 3.21 bits per heavy atom. The largest absolute Gasteiger partial charge is 0.468 e. The zero-order valence-corrected chi connectivity index (χ0v) is 8.27. The van der Waals surface area contributed by atoms with Gasteiger partial charge in [0.25, 0.3) is 6.01 Å². The van der Waals surface area contributed by atoms with Gasteiger partial charge in [0.1, 0.15) is 5.82 Å². The Labute approximate surface area is 82.8 Å². The first-order valence-corrected chi connectivity index (χ1v) is 4.77. The van der Waals surface area contributed by atoms with E-state index in [0.717, 1.165) is 19.4 Å². The van der Waals surface area contributed by atoms with E-state index in [1.807, 2.05) is 4.57 Å². The van der Waals surface area contributed by atoms with Gasteiger partial charge in [-0.3, -0.25) is 4.57 Å². The van der Waals surface area contributed by atoms with Crippen LogP contribution in [0.3, 0.4) is 0 Å². The minimum absolute atomic E-state index is 0.309. The van der Waals surface area contributed by atoms with Crippen molar-refractivity contribution in [2.24, 2.45) is 0 Å². The molecule has 0 saturated carbocycles. The van der Waals surface area contributed by atoms with Crippen LogP contribution >= 0.6 is 0 Å². The Morgan fingerprint density at radius 1 is 1.71 bits per heavy atom. The maximum Gasteiger partial charge on any atom is 0.298 e. The van der Waals surface area contributed by atoms with Crippen LogP contribution in [-0.4, -0.2) is 29.9 Å². The van der Waals surface area contributed by atoms with Crippen LogP contribution in [0.4, 0.5) is 5.82 Å². The molecule has 5 heteroatoms. The molecular formula is C9H15N3O2. The summed E-state index contributed by atoms with van der Waals surface area (Å²) < 4.78 is 12.5. The van der Waals surface area contributed by atoms with Crippen molar-refractivity contribution in [2.45, 2.75) is 18.9 Å². The van der Waals surface area contributed by atoms with E-state index >= 15 is 0 Å². The molecule has 1 aliphatic heterocycles. The van der Waals surface area contributed by atoms with Crippen LogP contribution in [0, 0.1) is 0 Å². The average molecular weight is 197 g/mol. The second kappa shape index (κ2) is 3.88. The number of hydrogen-bond donors (Lipinski definition) is 1. The molecule has 1 aliphatic rings. The normalized spacial score (nSPS) is 22.2. The Kier molecular flexibility index (Phi) is 2.58. The van der Waals surface area contributed by atoms with Crippen molar-refractivity contribution in [1.29, 1.82) is 0 Å². The zero-order valence-electron chi connectivity index (χ0n) is 8.27. The third-order valence-corrected chi connectivity index (χ3v) is 2.43. The minimum atomic E-state index is 0.309. The molecule has 1 atom stereocenters. The summed E-state index contributed by atoms with van der Waals surface area (Å²) in [6.45, 7) is 1.56. The number of rotatable bonds is 2. The molecule has 1 unspecified atom stereocenters. The Morgan fingerprint density at radius 2 is 2.57 bits per heavy atom. The number of imidazole rings is 1. The van der Waals surface area contributed by atoms with Crippen LogP contribution in [0.5, 0.6) is 6.01 Å². The topological polar surface area (TPSA) is 62.3 Å². The molecule has 0 bridgehead atoms. The lowest BCUT2D eigenvalue weighted by Crippen LogP contribution is -2.21. The first kappa shape index (κ1) is 9.33. The quantitative estimate of drug-likeness (QED) is 0.762. The first-order chi connectivity index (χ1) is 6.81. The summed E-state index contributed by atoms with van der Waals surface area (Å²) >= 11 is 0. The predicted octanol–water partition coefficient (Wildman–Crippen LogP) is 0.825. The van der Waals surface area contributed by atoms with Crippen molar-refractivity contribution in [1.82, 2.24) is 9.55 Å². The van der Waals surface area contributed by atoms with Crippen molar-refractivity contribution in [3.05, 3.63) is 6.20 Å². The number of nitrogens with zero attached hydrogens (tertiary/aromatic N) is 2. The molecule has 2 heterocycles. The van der Waals surface area contributed by atoms with Crippen LogP contribution in [0.2, 0.25) is 0 Å². The Balaban J connectivity index is 2.20. The molecular weight excluding hydrogens is 182 g/mol. The van der Waals surface area contributed by atoms with Gasteiger partial charge in [-0.05, 0) is 12.8 Å². The first-order valence-electron chi connectivity index (χ1n) is 4.77. The smallest absolute Gasteiger partial charge is 0.298 e. The Bertz CT molecular complexity index is 305. The molecule has 0 aromatic carbocycles. The highest BCUT2D eigenvalue weighted by atomic mass is 16.5. The summed E-state index contributed by atoms with van der Waals surface area (Å²) in [5.41, 5.74) is 5.61. The fraction of sp³-hybridized carbons (Fsp3) is 0.667. The van der Waals surface area contributed by atoms with Gasteiger partial charge in [-0.1, -0.05) is 0 Å². The van der Waals surface area contributed by atoms with Crippen LogP contribution in [0.15, 0.2) is 6.20 Å². The van der Waals surface area contributed by atoms with E-state index in [9.17, 15) is 0 Å². The summed E-state index contributed by atoms with van der Waals surface area (Å²) in [6.07, 6.45) is 3.97. The molecule has 0 radical (unpaired) electrons. The molecule has 0 spiro atoms. The highest BCUT2D eigenvalue weighted by Crippen LogP contribution is 2.25. The molecule has 1 aromatic heterocycles. The maximum absolute atomic E-state index is 5.61. The van der Waals surface area contributed by atoms with Gasteiger partial charge >= 0.3 is 0 Å². The van der Waals surface area contributed by atoms with Gasteiger partial charge in [0, 0.05) is 6.61 Å². The lowest BCUT2D eigenvalue weighted by Gasteiger charge is -2.23. The number of nitrogens with two attached hydrogens (primary N) is 1. The fourth-order valence-corrected chi connectivity index (χ4v) is 1.75. The van der Waals surface area contributed by atoms with Crippen molar-refractivity contribution in [3.8, 4) is 6.01 Å². The summed E-state index contributed by atoms with van der Waals surface area (Å²) in [6, 6.07) is 0.876. The minimum Gasteiger partial charge on any atom is -0.468 e. The van der Waals surface area contributed by atoms with Gasteiger partial charge in [0.15, 0.2) is 0 Å². The lowest BCUT2D eigenvalue weighted by molar-refractivity contribution is 0.0563. The molecule has 2 rings (SSSR count). The van der Waals surface area contributed by atoms with Crippen molar-refractivity contribution in [2.75, 3.05) is 26.1 Å². The standard InChI is InChI=1S/C9H15N3O2/c1-13-9-11-8(10)5-12(9)7-3-2-4-14-6-7/h5,7H,2-4,6,10H2,1H3. The van der Waals surface area contributed by atoms with E-state index in [4.69, 9.17) is 15.2 Å². The van der Waals surface area contributed by atoms with E-state index in [1.54, 1.807) is 13.3 Å². The van der Waals surface area contributed by atoms with Gasteiger partial charge in [-0.15, -0.1) is 0 Å². The summed E-state index contributed by atoms with van der Waals surface area (Å²) in [5, 5.41) is 0. The zero-order chi connectivity index (χ0) is 9.97. The Hall–Kier alpha value is -1.23. The molecule has 5 nitrogen and oxygen atoms in total. The van der Waals surface area contributed by atoms with E-state index in [-0.39, 0.29) is 0 Å². The number of anilines is 1. The molecule has 1 fully saturated rings. The second-order valence-corrected chi connectivity index (χ2v) is 3.43. The van der Waals surface area contributed by atoms with E-state index in [1.165, 1.54) is 0 Å². The monoisotopic (exact) mass is 197 g/mol. The number of aromatic nitrogens is 2. The lowest BCUT2D eigenvalue weighted by atomic mass is 10.1. The SMILES string of the molecule is COc1nc(N)cn1C1CCCOC1. The number of ether oxygens (including phenoxy) is 2. The van der Waals surface area contributed by atoms with Crippen LogP contribution in [0.1, 0.15) is 18.9 Å². The van der Waals surface area contributed by atoms with Gasteiger partial charge in [0.05, 0.1) is 26.0 Å². The number of hydrogen-bond acceptors (Lipinski definition) is 4. The summed E-state index contributed by atoms with van der Waals surface area (Å²) in [5.74, 6) is 0.493. The van der Waals surface area contributed by atoms with Crippen molar-refractivity contribution < 1.29 is 9.47 Å². The van der Waals surface area contributed by atoms with E-state index in [2.05, 4.69) is 4.98 Å².